The third kappa shape index (κ3) is 4.55. The Bertz CT molecular complexity index is 1270. The highest BCUT2D eigenvalue weighted by atomic mass is 16.5. The molecule has 1 N–H and O–H groups in total. The van der Waals surface area contributed by atoms with E-state index in [0.717, 1.165) is 30.9 Å². The van der Waals surface area contributed by atoms with E-state index in [2.05, 4.69) is 15.0 Å². The van der Waals surface area contributed by atoms with Crippen molar-refractivity contribution in [2.45, 2.75) is 19.4 Å². The lowest BCUT2D eigenvalue weighted by atomic mass is 9.96. The van der Waals surface area contributed by atoms with Crippen LogP contribution < -0.4 is 0 Å². The van der Waals surface area contributed by atoms with Gasteiger partial charge in [0.15, 0.2) is 0 Å². The molecule has 2 aliphatic heterocycles. The summed E-state index contributed by atoms with van der Waals surface area (Å²) in [6, 6.07) is 12.4. The van der Waals surface area contributed by atoms with E-state index >= 15 is 0 Å². The summed E-state index contributed by atoms with van der Waals surface area (Å²) in [4.78, 5) is 34.4. The molecule has 0 spiro atoms. The van der Waals surface area contributed by atoms with Crippen molar-refractivity contribution in [1.82, 2.24) is 24.6 Å². The van der Waals surface area contributed by atoms with E-state index in [4.69, 9.17) is 4.74 Å². The van der Waals surface area contributed by atoms with Crippen molar-refractivity contribution in [1.29, 1.82) is 0 Å². The van der Waals surface area contributed by atoms with E-state index in [1.807, 2.05) is 37.3 Å². The molecule has 1 atom stereocenters. The zero-order valence-corrected chi connectivity index (χ0v) is 20.2. The molecule has 0 unspecified atom stereocenters. The van der Waals surface area contributed by atoms with Gasteiger partial charge in [0.2, 0.25) is 0 Å². The van der Waals surface area contributed by atoms with Crippen molar-refractivity contribution < 1.29 is 19.4 Å². The van der Waals surface area contributed by atoms with Crippen LogP contribution in [0.2, 0.25) is 0 Å². The predicted molar refractivity (Wildman–Crippen MR) is 133 cm³/mol. The topological polar surface area (TPSA) is 101 Å². The van der Waals surface area contributed by atoms with Gasteiger partial charge >= 0.3 is 0 Å². The molecule has 2 aromatic heterocycles. The number of hydrogen-bond donors (Lipinski definition) is 1. The van der Waals surface area contributed by atoms with E-state index in [1.54, 1.807) is 34.1 Å². The average Bonchev–Trinajstić information content (AvgIpc) is 3.42. The maximum Gasteiger partial charge on any atom is 0.295 e. The number of hydrogen-bond acceptors (Lipinski definition) is 7. The maximum atomic E-state index is 13.3. The summed E-state index contributed by atoms with van der Waals surface area (Å²) in [7, 11) is 0. The van der Waals surface area contributed by atoms with Crippen molar-refractivity contribution in [3.05, 3.63) is 83.4 Å². The zero-order valence-electron chi connectivity index (χ0n) is 20.2. The monoisotopic (exact) mass is 487 g/mol. The Morgan fingerprint density at radius 3 is 2.50 bits per heavy atom. The van der Waals surface area contributed by atoms with Crippen LogP contribution in [0, 0.1) is 6.92 Å². The summed E-state index contributed by atoms with van der Waals surface area (Å²) >= 11 is 0. The number of ether oxygens (including phenoxy) is 1. The zero-order chi connectivity index (χ0) is 25.1. The Morgan fingerprint density at radius 2 is 1.78 bits per heavy atom. The Morgan fingerprint density at radius 1 is 1.06 bits per heavy atom. The van der Waals surface area contributed by atoms with Crippen LogP contribution in [-0.2, 0) is 14.3 Å². The second-order valence-corrected chi connectivity index (χ2v) is 8.97. The van der Waals surface area contributed by atoms with E-state index in [9.17, 15) is 14.7 Å². The number of pyridine rings is 1. The minimum absolute atomic E-state index is 0.0771. The first-order chi connectivity index (χ1) is 17.6. The van der Waals surface area contributed by atoms with Gasteiger partial charge in [0.25, 0.3) is 11.7 Å². The fourth-order valence-electron chi connectivity index (χ4n) is 4.91. The number of ketones is 1. The number of aliphatic hydroxyl groups is 1. The number of aromatic nitrogens is 3. The van der Waals surface area contributed by atoms with Gasteiger partial charge < -0.3 is 14.7 Å². The lowest BCUT2D eigenvalue weighted by molar-refractivity contribution is -0.140. The van der Waals surface area contributed by atoms with Gasteiger partial charge in [-0.1, -0.05) is 18.2 Å². The molecule has 1 amide bonds. The smallest absolute Gasteiger partial charge is 0.295 e. The van der Waals surface area contributed by atoms with Gasteiger partial charge in [0, 0.05) is 38.6 Å². The molecule has 36 heavy (non-hydrogen) atoms. The first-order valence-corrected chi connectivity index (χ1v) is 12.1. The number of Topliss-reactive ketones (excluding diaryl/α,β-unsaturated/α-hetero) is 1. The maximum absolute atomic E-state index is 13.3. The predicted octanol–water partition coefficient (Wildman–Crippen LogP) is 2.72. The van der Waals surface area contributed by atoms with Gasteiger partial charge in [-0.15, -0.1) is 0 Å². The Hall–Kier alpha value is -3.82. The van der Waals surface area contributed by atoms with E-state index in [0.29, 0.717) is 37.4 Å². The highest BCUT2D eigenvalue weighted by Gasteiger charge is 2.46. The molecule has 0 saturated carbocycles. The number of aliphatic hydroxyl groups excluding tert-OH is 1. The molecule has 0 aliphatic carbocycles. The molecule has 3 aromatic rings. The second-order valence-electron chi connectivity index (χ2n) is 8.97. The van der Waals surface area contributed by atoms with Gasteiger partial charge in [0.1, 0.15) is 5.76 Å². The lowest BCUT2D eigenvalue weighted by Gasteiger charge is -2.29. The lowest BCUT2D eigenvalue weighted by Crippen LogP contribution is -2.38. The molecule has 0 bridgehead atoms. The number of para-hydroxylation sites is 1. The quantitative estimate of drug-likeness (QED) is 0.311. The van der Waals surface area contributed by atoms with Crippen LogP contribution in [0.5, 0.6) is 0 Å². The normalized spacial score (nSPS) is 20.2. The van der Waals surface area contributed by atoms with Crippen LogP contribution in [0.15, 0.2) is 66.6 Å². The molecule has 9 heteroatoms. The highest BCUT2D eigenvalue weighted by Crippen LogP contribution is 2.39. The van der Waals surface area contributed by atoms with E-state index in [-0.39, 0.29) is 11.3 Å². The summed E-state index contributed by atoms with van der Waals surface area (Å²) in [6.45, 7) is 6.16. The van der Waals surface area contributed by atoms with Gasteiger partial charge in [-0.25, -0.2) is 4.68 Å². The summed E-state index contributed by atoms with van der Waals surface area (Å²) in [5, 5.41) is 15.8. The van der Waals surface area contributed by atoms with E-state index < -0.39 is 17.7 Å². The Labute approximate surface area is 209 Å². The fraction of sp³-hybridized carbons (Fsp3) is 0.333. The van der Waals surface area contributed by atoms with Crippen LogP contribution in [0.25, 0.3) is 11.4 Å². The van der Waals surface area contributed by atoms with Gasteiger partial charge in [-0.2, -0.15) is 5.10 Å². The number of carbonyl (C=O) groups excluding carboxylic acids is 2. The number of amides is 1. The molecule has 2 aliphatic rings. The van der Waals surface area contributed by atoms with E-state index in [1.165, 1.54) is 6.20 Å². The van der Waals surface area contributed by atoms with Gasteiger partial charge in [-0.05, 0) is 43.2 Å². The average molecular weight is 488 g/mol. The van der Waals surface area contributed by atoms with Crippen LogP contribution in [-0.4, -0.2) is 80.8 Å². The molecule has 5 rings (SSSR count). The van der Waals surface area contributed by atoms with Crippen LogP contribution in [0.4, 0.5) is 0 Å². The first kappa shape index (κ1) is 23.9. The minimum atomic E-state index is -0.697. The Kier molecular flexibility index (Phi) is 6.92. The number of nitrogens with zero attached hydrogens (tertiary/aromatic N) is 5. The number of morpholine rings is 1. The second kappa shape index (κ2) is 10.4. The SMILES string of the molecule is Cc1c(C(O)=C2C(=O)C(=O)N(CCCN3CCOCC3)[C@H]2c2ccncc2)cnn1-c1ccccc1. The fourth-order valence-corrected chi connectivity index (χ4v) is 4.91. The summed E-state index contributed by atoms with van der Waals surface area (Å²) in [6.07, 6.45) is 5.50. The molecule has 4 heterocycles. The third-order valence-electron chi connectivity index (χ3n) is 6.80. The van der Waals surface area contributed by atoms with Gasteiger partial charge in [0.05, 0.1) is 48.0 Å². The Balaban J connectivity index is 1.49. The van der Waals surface area contributed by atoms with Crippen molar-refractivity contribution in [3.8, 4) is 5.69 Å². The molecular weight excluding hydrogens is 458 g/mol. The molecular formula is C27H29N5O4. The third-order valence-corrected chi connectivity index (χ3v) is 6.80. The number of benzene rings is 1. The first-order valence-electron chi connectivity index (χ1n) is 12.1. The van der Waals surface area contributed by atoms with Crippen LogP contribution in [0.3, 0.4) is 0 Å². The number of carbonyl (C=O) groups is 2. The molecule has 2 saturated heterocycles. The van der Waals surface area contributed by atoms with Crippen LogP contribution in [0.1, 0.15) is 29.3 Å². The minimum Gasteiger partial charge on any atom is -0.507 e. The van der Waals surface area contributed by atoms with Crippen LogP contribution >= 0.6 is 0 Å². The summed E-state index contributed by atoms with van der Waals surface area (Å²) < 4.78 is 7.11. The van der Waals surface area contributed by atoms with Gasteiger partial charge in [-0.3, -0.25) is 19.5 Å². The van der Waals surface area contributed by atoms with Crippen molar-refractivity contribution >= 4 is 17.4 Å². The largest absolute Gasteiger partial charge is 0.507 e. The standard InChI is InChI=1S/C27H29N5O4/c1-19-22(18-29-32(19)21-6-3-2-4-7-21)25(33)23-24(20-8-10-28-11-9-20)31(27(35)26(23)34)13-5-12-30-14-16-36-17-15-30/h2-4,6-11,18,24,33H,5,12-17H2,1H3/t24-/m0/s1. The molecule has 0 radical (unpaired) electrons. The molecule has 2 fully saturated rings. The highest BCUT2D eigenvalue weighted by molar-refractivity contribution is 6.46. The van der Waals surface area contributed by atoms with Crippen molar-refractivity contribution in [3.63, 3.8) is 0 Å². The van der Waals surface area contributed by atoms with Crippen molar-refractivity contribution in [2.75, 3.05) is 39.4 Å². The van der Waals surface area contributed by atoms with Crippen molar-refractivity contribution in [2.24, 2.45) is 0 Å². The molecule has 9 nitrogen and oxygen atoms in total. The molecule has 1 aromatic carbocycles. The number of likely N-dealkylation sites (tertiary alicyclic amines) is 1. The molecule has 186 valence electrons. The summed E-state index contributed by atoms with van der Waals surface area (Å²) in [5.41, 5.74) is 2.73. The number of rotatable bonds is 7. The summed E-state index contributed by atoms with van der Waals surface area (Å²) in [5.74, 6) is -1.51.